The molecular formula is C23H26F3N5O3. The van der Waals surface area contributed by atoms with E-state index in [9.17, 15) is 23.1 Å². The first-order valence-electron chi connectivity index (χ1n) is 10.6. The number of halogens is 3. The van der Waals surface area contributed by atoms with Gasteiger partial charge in [0.25, 0.3) is 5.95 Å². The van der Waals surface area contributed by atoms with E-state index in [1.54, 1.807) is 11.6 Å². The Labute approximate surface area is 194 Å². The van der Waals surface area contributed by atoms with Crippen LogP contribution in [0.15, 0.2) is 30.3 Å². The van der Waals surface area contributed by atoms with Crippen molar-refractivity contribution >= 4 is 5.91 Å². The molecule has 0 fully saturated rings. The van der Waals surface area contributed by atoms with Crippen LogP contribution in [0.1, 0.15) is 33.9 Å². The van der Waals surface area contributed by atoms with Crippen LogP contribution in [0.2, 0.25) is 0 Å². The van der Waals surface area contributed by atoms with Gasteiger partial charge in [0.1, 0.15) is 18.5 Å². The van der Waals surface area contributed by atoms with Crippen molar-refractivity contribution in [3.63, 3.8) is 0 Å². The van der Waals surface area contributed by atoms with Crippen molar-refractivity contribution in [2.24, 2.45) is 0 Å². The van der Waals surface area contributed by atoms with E-state index in [0.29, 0.717) is 11.6 Å². The van der Waals surface area contributed by atoms with E-state index in [-0.39, 0.29) is 31.2 Å². The molecule has 1 unspecified atom stereocenters. The van der Waals surface area contributed by atoms with Crippen molar-refractivity contribution in [3.8, 4) is 11.7 Å². The Morgan fingerprint density at radius 3 is 2.32 bits per heavy atom. The van der Waals surface area contributed by atoms with Gasteiger partial charge in [-0.3, -0.25) is 4.79 Å². The molecule has 2 N–H and O–H groups in total. The topological polar surface area (TPSA) is 102 Å². The SMILES string of the molecule is Cc1cc(C)nc(-n2nc(C)c(CC(=O)NCC(O)COc3ccc(C(F)(F)F)cc3)c2C)n1. The Hall–Kier alpha value is -3.47. The summed E-state index contributed by atoms with van der Waals surface area (Å²) in [5.41, 5.74) is 2.97. The third-order valence-corrected chi connectivity index (χ3v) is 5.10. The van der Waals surface area contributed by atoms with Gasteiger partial charge in [-0.2, -0.15) is 18.3 Å². The number of carbonyl (C=O) groups excluding carboxylic acids is 1. The summed E-state index contributed by atoms with van der Waals surface area (Å²) >= 11 is 0. The van der Waals surface area contributed by atoms with Gasteiger partial charge in [0, 0.05) is 29.2 Å². The van der Waals surface area contributed by atoms with Crippen LogP contribution in [0, 0.1) is 27.7 Å². The lowest BCUT2D eigenvalue weighted by Crippen LogP contribution is -2.36. The highest BCUT2D eigenvalue weighted by molar-refractivity contribution is 5.79. The minimum absolute atomic E-state index is 0.0505. The van der Waals surface area contributed by atoms with Crippen LogP contribution in [0.3, 0.4) is 0 Å². The molecule has 2 heterocycles. The first-order chi connectivity index (χ1) is 15.9. The average Bonchev–Trinajstić information content (AvgIpc) is 3.03. The molecular weight excluding hydrogens is 451 g/mol. The molecule has 0 aliphatic carbocycles. The number of carbonyl (C=O) groups is 1. The molecule has 0 saturated carbocycles. The zero-order valence-electron chi connectivity index (χ0n) is 19.3. The molecule has 3 rings (SSSR count). The lowest BCUT2D eigenvalue weighted by molar-refractivity contribution is -0.137. The first-order valence-corrected chi connectivity index (χ1v) is 10.6. The van der Waals surface area contributed by atoms with E-state index >= 15 is 0 Å². The van der Waals surface area contributed by atoms with Gasteiger partial charge in [0.15, 0.2) is 0 Å². The summed E-state index contributed by atoms with van der Waals surface area (Å²) in [6.07, 6.45) is -5.42. The highest BCUT2D eigenvalue weighted by Gasteiger charge is 2.30. The second-order valence-electron chi connectivity index (χ2n) is 7.98. The molecule has 8 nitrogen and oxygen atoms in total. The Morgan fingerprint density at radius 2 is 1.74 bits per heavy atom. The van der Waals surface area contributed by atoms with Gasteiger partial charge >= 0.3 is 6.18 Å². The maximum Gasteiger partial charge on any atom is 0.416 e. The number of nitrogens with one attached hydrogen (secondary N) is 1. The van der Waals surface area contributed by atoms with Crippen LogP contribution >= 0.6 is 0 Å². The second kappa shape index (κ2) is 10.2. The monoisotopic (exact) mass is 477 g/mol. The zero-order valence-corrected chi connectivity index (χ0v) is 19.3. The number of aromatic nitrogens is 4. The number of nitrogens with zero attached hydrogens (tertiary/aromatic N) is 4. The van der Waals surface area contributed by atoms with Crippen LogP contribution in [0.25, 0.3) is 5.95 Å². The fourth-order valence-electron chi connectivity index (χ4n) is 3.37. The van der Waals surface area contributed by atoms with E-state index in [1.165, 1.54) is 12.1 Å². The Kier molecular flexibility index (Phi) is 7.55. The van der Waals surface area contributed by atoms with Crippen LogP contribution in [-0.4, -0.2) is 50.0 Å². The highest BCUT2D eigenvalue weighted by atomic mass is 19.4. The fourth-order valence-corrected chi connectivity index (χ4v) is 3.37. The normalized spacial score (nSPS) is 12.5. The number of amides is 1. The van der Waals surface area contributed by atoms with Crippen LogP contribution in [-0.2, 0) is 17.4 Å². The maximum atomic E-state index is 12.6. The third-order valence-electron chi connectivity index (χ3n) is 5.10. The Bertz CT molecular complexity index is 1140. The van der Waals surface area contributed by atoms with Gasteiger partial charge in [0.05, 0.1) is 17.7 Å². The minimum Gasteiger partial charge on any atom is -0.491 e. The van der Waals surface area contributed by atoms with E-state index < -0.39 is 17.8 Å². The third kappa shape index (κ3) is 6.31. The van der Waals surface area contributed by atoms with Crippen LogP contribution in [0.4, 0.5) is 13.2 Å². The summed E-state index contributed by atoms with van der Waals surface area (Å²) in [5.74, 6) is 0.298. The number of aryl methyl sites for hydroxylation is 3. The first kappa shape index (κ1) is 25.2. The second-order valence-corrected chi connectivity index (χ2v) is 7.98. The van der Waals surface area contributed by atoms with Crippen molar-refractivity contribution in [2.75, 3.05) is 13.2 Å². The number of alkyl halides is 3. The molecule has 1 aromatic carbocycles. The molecule has 2 aromatic heterocycles. The number of aliphatic hydroxyl groups excluding tert-OH is 1. The molecule has 182 valence electrons. The molecule has 0 saturated heterocycles. The molecule has 0 spiro atoms. The van der Waals surface area contributed by atoms with Crippen LogP contribution in [0.5, 0.6) is 5.75 Å². The molecule has 0 radical (unpaired) electrons. The van der Waals surface area contributed by atoms with Crippen molar-refractivity contribution in [1.29, 1.82) is 0 Å². The van der Waals surface area contributed by atoms with E-state index in [2.05, 4.69) is 20.4 Å². The predicted octanol–water partition coefficient (Wildman–Crippen LogP) is 3.01. The van der Waals surface area contributed by atoms with Crippen LogP contribution < -0.4 is 10.1 Å². The van der Waals surface area contributed by atoms with Crippen molar-refractivity contribution in [3.05, 3.63) is 64.2 Å². The Balaban J connectivity index is 1.53. The molecule has 1 amide bonds. The molecule has 0 aliphatic heterocycles. The van der Waals surface area contributed by atoms with Crippen molar-refractivity contribution in [2.45, 2.75) is 46.4 Å². The van der Waals surface area contributed by atoms with Crippen molar-refractivity contribution < 1.29 is 27.8 Å². The van der Waals surface area contributed by atoms with Gasteiger partial charge in [-0.15, -0.1) is 0 Å². The largest absolute Gasteiger partial charge is 0.491 e. The van der Waals surface area contributed by atoms with Gasteiger partial charge in [0.2, 0.25) is 5.91 Å². The zero-order chi connectivity index (χ0) is 25.0. The molecule has 0 bridgehead atoms. The summed E-state index contributed by atoms with van der Waals surface area (Å²) in [5, 5.41) is 17.2. The average molecular weight is 477 g/mol. The van der Waals surface area contributed by atoms with Gasteiger partial charge < -0.3 is 15.2 Å². The predicted molar refractivity (Wildman–Crippen MR) is 118 cm³/mol. The van der Waals surface area contributed by atoms with E-state index in [1.807, 2.05) is 26.8 Å². The Morgan fingerprint density at radius 1 is 1.12 bits per heavy atom. The smallest absolute Gasteiger partial charge is 0.416 e. The number of hydrogen-bond donors (Lipinski definition) is 2. The summed E-state index contributed by atoms with van der Waals surface area (Å²) in [6, 6.07) is 6.01. The van der Waals surface area contributed by atoms with Crippen molar-refractivity contribution in [1.82, 2.24) is 25.1 Å². The molecule has 1 atom stereocenters. The lowest BCUT2D eigenvalue weighted by Gasteiger charge is -2.14. The fraction of sp³-hybridized carbons (Fsp3) is 0.391. The van der Waals surface area contributed by atoms with Gasteiger partial charge in [-0.05, 0) is 58.0 Å². The van der Waals surface area contributed by atoms with E-state index in [0.717, 1.165) is 34.8 Å². The number of hydrogen-bond acceptors (Lipinski definition) is 6. The standard InChI is InChI=1S/C23H26F3N5O3/c1-13-9-14(2)29-22(28-13)31-16(4)20(15(3)30-31)10-21(33)27-11-18(32)12-34-19-7-5-17(6-8-19)23(24,25)26/h5-9,18,32H,10-12H2,1-4H3,(H,27,33). The number of rotatable bonds is 8. The maximum absolute atomic E-state index is 12.6. The molecule has 34 heavy (non-hydrogen) atoms. The summed E-state index contributed by atoms with van der Waals surface area (Å²) < 4.78 is 44.7. The summed E-state index contributed by atoms with van der Waals surface area (Å²) in [6.45, 7) is 7.09. The number of aliphatic hydroxyl groups is 1. The number of ether oxygens (including phenoxy) is 1. The molecule has 0 aliphatic rings. The van der Waals surface area contributed by atoms with Gasteiger partial charge in [-0.25, -0.2) is 14.6 Å². The molecule has 11 heteroatoms. The summed E-state index contributed by atoms with van der Waals surface area (Å²) in [7, 11) is 0. The van der Waals surface area contributed by atoms with E-state index in [4.69, 9.17) is 4.74 Å². The quantitative estimate of drug-likeness (QED) is 0.517. The summed E-state index contributed by atoms with van der Waals surface area (Å²) in [4.78, 5) is 21.3. The lowest BCUT2D eigenvalue weighted by atomic mass is 10.1. The highest BCUT2D eigenvalue weighted by Crippen LogP contribution is 2.30. The number of benzene rings is 1. The van der Waals surface area contributed by atoms with Gasteiger partial charge in [-0.1, -0.05) is 0 Å². The minimum atomic E-state index is -4.43. The molecule has 3 aromatic rings.